The van der Waals surface area contributed by atoms with Crippen molar-refractivity contribution in [3.05, 3.63) is 83.1 Å². The highest BCUT2D eigenvalue weighted by atomic mass is 79.9. The number of anilines is 2. The molecule has 4 aromatic rings. The van der Waals surface area contributed by atoms with Crippen LogP contribution in [0.5, 0.6) is 0 Å². The first-order chi connectivity index (χ1) is 18.5. The summed E-state index contributed by atoms with van der Waals surface area (Å²) in [7, 11) is 0. The van der Waals surface area contributed by atoms with Crippen LogP contribution in [0.3, 0.4) is 0 Å². The van der Waals surface area contributed by atoms with Gasteiger partial charge in [-0.25, -0.2) is 14.4 Å². The van der Waals surface area contributed by atoms with Gasteiger partial charge in [-0.1, -0.05) is 59.3 Å². The average molecular weight is 577 g/mol. The number of amides is 1. The van der Waals surface area contributed by atoms with E-state index >= 15 is 0 Å². The van der Waals surface area contributed by atoms with E-state index < -0.39 is 0 Å². The van der Waals surface area contributed by atoms with E-state index in [-0.39, 0.29) is 11.7 Å². The summed E-state index contributed by atoms with van der Waals surface area (Å²) in [4.78, 5) is 29.2. The van der Waals surface area contributed by atoms with Crippen molar-refractivity contribution in [3.63, 3.8) is 0 Å². The van der Waals surface area contributed by atoms with Crippen molar-refractivity contribution < 1.29 is 9.18 Å². The average Bonchev–Trinajstić information content (AvgIpc) is 2.95. The van der Waals surface area contributed by atoms with E-state index in [2.05, 4.69) is 27.8 Å². The molecule has 6 nitrogen and oxygen atoms in total. The Bertz CT molecular complexity index is 1420. The Kier molecular flexibility index (Phi) is 8.17. The SMILES string of the molecule is CCCN(CCC(=O)N1CCN(c2ccccc2F)CC1)c1nc(-c2cccc(Br)c2)nc2ccccc12. The summed E-state index contributed by atoms with van der Waals surface area (Å²) in [6.45, 7) is 5.91. The van der Waals surface area contributed by atoms with Gasteiger partial charge in [-0.2, -0.15) is 0 Å². The number of aromatic nitrogens is 2. The van der Waals surface area contributed by atoms with Gasteiger partial charge >= 0.3 is 0 Å². The topological polar surface area (TPSA) is 52.6 Å². The molecule has 1 aromatic heterocycles. The molecule has 0 atom stereocenters. The number of para-hydroxylation sites is 2. The number of hydrogen-bond acceptors (Lipinski definition) is 5. The molecule has 0 N–H and O–H groups in total. The van der Waals surface area contributed by atoms with Gasteiger partial charge in [0.2, 0.25) is 5.91 Å². The molecule has 1 amide bonds. The summed E-state index contributed by atoms with van der Waals surface area (Å²) in [6, 6.07) is 22.8. The van der Waals surface area contributed by atoms with Gasteiger partial charge in [0.05, 0.1) is 11.2 Å². The molecule has 0 bridgehead atoms. The standard InChI is InChI=1S/C30H31BrFN5O/c1-2-15-37(16-14-28(38)36-19-17-35(18-20-36)27-13-6-4-11-25(27)32)30-24-10-3-5-12-26(24)33-29(34-30)22-8-7-9-23(31)21-22/h3-13,21H,2,14-20H2,1H3. The molecular formula is C30H31BrFN5O. The molecule has 0 saturated carbocycles. The van der Waals surface area contributed by atoms with E-state index in [1.54, 1.807) is 12.1 Å². The monoisotopic (exact) mass is 575 g/mol. The van der Waals surface area contributed by atoms with E-state index in [1.807, 2.05) is 64.4 Å². The first kappa shape index (κ1) is 26.1. The largest absolute Gasteiger partial charge is 0.366 e. The normalized spacial score (nSPS) is 13.7. The highest BCUT2D eigenvalue weighted by molar-refractivity contribution is 9.10. The highest BCUT2D eigenvalue weighted by Gasteiger charge is 2.24. The van der Waals surface area contributed by atoms with Gasteiger partial charge < -0.3 is 14.7 Å². The van der Waals surface area contributed by atoms with Crippen molar-refractivity contribution in [2.24, 2.45) is 0 Å². The van der Waals surface area contributed by atoms with Crippen molar-refractivity contribution in [1.29, 1.82) is 0 Å². The third-order valence-electron chi connectivity index (χ3n) is 6.88. The Balaban J connectivity index is 1.32. The number of rotatable bonds is 8. The summed E-state index contributed by atoms with van der Waals surface area (Å²) >= 11 is 3.55. The molecule has 0 spiro atoms. The van der Waals surface area contributed by atoms with E-state index in [1.165, 1.54) is 6.07 Å². The summed E-state index contributed by atoms with van der Waals surface area (Å²) < 4.78 is 15.2. The minimum Gasteiger partial charge on any atom is -0.366 e. The van der Waals surface area contributed by atoms with Crippen LogP contribution in [0.15, 0.2) is 77.3 Å². The fourth-order valence-corrected chi connectivity index (χ4v) is 5.34. The second-order valence-electron chi connectivity index (χ2n) is 9.45. The maximum absolute atomic E-state index is 14.2. The van der Waals surface area contributed by atoms with Gasteiger partial charge in [0, 0.05) is 61.1 Å². The van der Waals surface area contributed by atoms with E-state index in [9.17, 15) is 9.18 Å². The Hall–Kier alpha value is -3.52. The van der Waals surface area contributed by atoms with Gasteiger partial charge in [-0.3, -0.25) is 4.79 Å². The summed E-state index contributed by atoms with van der Waals surface area (Å²) in [5.41, 5.74) is 2.42. The van der Waals surface area contributed by atoms with Gasteiger partial charge in [0.15, 0.2) is 5.82 Å². The first-order valence-electron chi connectivity index (χ1n) is 13.1. The molecule has 8 heteroatoms. The molecule has 1 aliphatic heterocycles. The molecule has 0 unspecified atom stereocenters. The van der Waals surface area contributed by atoms with Crippen molar-refractivity contribution in [2.45, 2.75) is 19.8 Å². The molecule has 5 rings (SSSR count). The summed E-state index contributed by atoms with van der Waals surface area (Å²) in [5.74, 6) is 1.41. The Morgan fingerprint density at radius 3 is 2.47 bits per heavy atom. The molecule has 2 heterocycles. The van der Waals surface area contributed by atoms with Crippen LogP contribution in [-0.4, -0.2) is 60.0 Å². The number of fused-ring (bicyclic) bond motifs is 1. The minimum atomic E-state index is -0.221. The zero-order valence-electron chi connectivity index (χ0n) is 21.5. The fraction of sp³-hybridized carbons (Fsp3) is 0.300. The predicted octanol–water partition coefficient (Wildman–Crippen LogP) is 6.15. The first-order valence-corrected chi connectivity index (χ1v) is 13.9. The quantitative estimate of drug-likeness (QED) is 0.252. The maximum atomic E-state index is 14.2. The molecule has 0 aliphatic carbocycles. The lowest BCUT2D eigenvalue weighted by Crippen LogP contribution is -2.49. The lowest BCUT2D eigenvalue weighted by atomic mass is 10.1. The lowest BCUT2D eigenvalue weighted by molar-refractivity contribution is -0.131. The molecule has 1 aliphatic rings. The number of piperazine rings is 1. The number of benzene rings is 3. The number of carbonyl (C=O) groups is 1. The van der Waals surface area contributed by atoms with Crippen molar-refractivity contribution >= 4 is 44.2 Å². The smallest absolute Gasteiger partial charge is 0.224 e. The lowest BCUT2D eigenvalue weighted by Gasteiger charge is -2.36. The second kappa shape index (κ2) is 11.9. The Morgan fingerprint density at radius 1 is 0.947 bits per heavy atom. The Labute approximate surface area is 231 Å². The predicted molar refractivity (Wildman–Crippen MR) is 155 cm³/mol. The van der Waals surface area contributed by atoms with Crippen LogP contribution < -0.4 is 9.80 Å². The zero-order chi connectivity index (χ0) is 26.5. The third-order valence-corrected chi connectivity index (χ3v) is 7.37. The maximum Gasteiger partial charge on any atom is 0.224 e. The van der Waals surface area contributed by atoms with Gasteiger partial charge in [-0.15, -0.1) is 0 Å². The third kappa shape index (κ3) is 5.80. The van der Waals surface area contributed by atoms with Crippen molar-refractivity contribution in [3.8, 4) is 11.4 Å². The van der Waals surface area contributed by atoms with Crippen LogP contribution in [0.4, 0.5) is 15.9 Å². The van der Waals surface area contributed by atoms with Crippen LogP contribution in [0.2, 0.25) is 0 Å². The van der Waals surface area contributed by atoms with Crippen LogP contribution in [0, 0.1) is 5.82 Å². The fourth-order valence-electron chi connectivity index (χ4n) is 4.94. The van der Waals surface area contributed by atoms with Crippen LogP contribution in [0.25, 0.3) is 22.3 Å². The zero-order valence-corrected chi connectivity index (χ0v) is 23.1. The van der Waals surface area contributed by atoms with Gasteiger partial charge in [0.1, 0.15) is 11.6 Å². The van der Waals surface area contributed by atoms with Gasteiger partial charge in [-0.05, 0) is 42.8 Å². The highest BCUT2D eigenvalue weighted by Crippen LogP contribution is 2.29. The number of halogens is 2. The molecule has 0 radical (unpaired) electrons. The molecule has 3 aromatic carbocycles. The molecule has 38 heavy (non-hydrogen) atoms. The molecule has 1 fully saturated rings. The number of nitrogens with zero attached hydrogens (tertiary/aromatic N) is 5. The van der Waals surface area contributed by atoms with Crippen molar-refractivity contribution in [2.75, 3.05) is 49.1 Å². The van der Waals surface area contributed by atoms with E-state index in [0.29, 0.717) is 50.7 Å². The Morgan fingerprint density at radius 2 is 1.71 bits per heavy atom. The molecular weight excluding hydrogens is 545 g/mol. The van der Waals surface area contributed by atoms with E-state index in [4.69, 9.17) is 9.97 Å². The van der Waals surface area contributed by atoms with Gasteiger partial charge in [0.25, 0.3) is 0 Å². The van der Waals surface area contributed by atoms with Crippen LogP contribution in [-0.2, 0) is 4.79 Å². The summed E-state index contributed by atoms with van der Waals surface area (Å²) in [5, 5.41) is 0.977. The molecule has 196 valence electrons. The summed E-state index contributed by atoms with van der Waals surface area (Å²) in [6.07, 6.45) is 1.32. The van der Waals surface area contributed by atoms with Crippen LogP contribution in [0.1, 0.15) is 19.8 Å². The van der Waals surface area contributed by atoms with Crippen molar-refractivity contribution in [1.82, 2.24) is 14.9 Å². The second-order valence-corrected chi connectivity index (χ2v) is 10.4. The number of carbonyl (C=O) groups excluding carboxylic acids is 1. The molecule has 1 saturated heterocycles. The number of hydrogen-bond donors (Lipinski definition) is 0. The minimum absolute atomic E-state index is 0.116. The van der Waals surface area contributed by atoms with E-state index in [0.717, 1.165) is 39.7 Å². The van der Waals surface area contributed by atoms with Crippen LogP contribution >= 0.6 is 15.9 Å².